The molecule has 0 saturated carbocycles. The van der Waals surface area contributed by atoms with Crippen molar-refractivity contribution in [1.29, 1.82) is 0 Å². The second-order valence-electron chi connectivity index (χ2n) is 4.47. The molecule has 0 aromatic heterocycles. The number of halogens is 3. The van der Waals surface area contributed by atoms with Crippen LogP contribution in [0.2, 0.25) is 0 Å². The third-order valence-corrected chi connectivity index (χ3v) is 2.77. The summed E-state index contributed by atoms with van der Waals surface area (Å²) in [5.41, 5.74) is 6.11. The average molecular weight is 296 g/mol. The van der Waals surface area contributed by atoms with Gasteiger partial charge in [0.25, 0.3) is 0 Å². The maximum Gasteiger partial charge on any atom is 0.167 e. The summed E-state index contributed by atoms with van der Waals surface area (Å²) in [6.07, 6.45) is 0.721. The average Bonchev–Trinajstić information content (AvgIpc) is 2.43. The minimum Gasteiger partial charge on any atom is -0.490 e. The molecule has 112 valence electrons. The number of nitrogen functional groups attached to an aromatic ring is 1. The molecule has 2 rings (SSSR count). The van der Waals surface area contributed by atoms with Gasteiger partial charge in [0, 0.05) is 18.2 Å². The second kappa shape index (κ2) is 6.39. The summed E-state index contributed by atoms with van der Waals surface area (Å²) in [6, 6.07) is 5.54. The first-order chi connectivity index (χ1) is 10.0. The number of nitrogens with two attached hydrogens (primary N) is 1. The number of nitrogens with one attached hydrogen (secondary N) is 1. The fourth-order valence-electron chi connectivity index (χ4n) is 1.74. The van der Waals surface area contributed by atoms with Crippen LogP contribution in [0.1, 0.15) is 13.3 Å². The van der Waals surface area contributed by atoms with E-state index in [0.717, 1.165) is 24.6 Å². The van der Waals surface area contributed by atoms with E-state index in [4.69, 9.17) is 10.5 Å². The number of hydrogen-bond donors (Lipinski definition) is 2. The van der Waals surface area contributed by atoms with Gasteiger partial charge in [-0.05, 0) is 18.6 Å². The summed E-state index contributed by atoms with van der Waals surface area (Å²) in [5, 5.41) is 2.70. The van der Waals surface area contributed by atoms with Crippen molar-refractivity contribution in [3.8, 4) is 5.75 Å². The summed E-state index contributed by atoms with van der Waals surface area (Å²) >= 11 is 0. The van der Waals surface area contributed by atoms with E-state index in [1.165, 1.54) is 12.1 Å². The maximum atomic E-state index is 13.7. The lowest BCUT2D eigenvalue weighted by atomic mass is 10.2. The standard InChI is InChI=1S/C15H15F3N2O/c1-2-5-21-15-8-14(12(19)7-11(15)18)20-13-4-3-9(16)6-10(13)17/h3-4,6-8,20H,2,5,19H2,1H3. The minimum absolute atomic E-state index is 0.0241. The zero-order valence-electron chi connectivity index (χ0n) is 11.4. The number of benzene rings is 2. The SMILES string of the molecule is CCCOc1cc(Nc2ccc(F)cc2F)c(N)cc1F. The van der Waals surface area contributed by atoms with Gasteiger partial charge < -0.3 is 15.8 Å². The molecule has 6 heteroatoms. The molecule has 2 aromatic carbocycles. The lowest BCUT2D eigenvalue weighted by Crippen LogP contribution is -2.03. The van der Waals surface area contributed by atoms with Crippen LogP contribution >= 0.6 is 0 Å². The molecule has 0 saturated heterocycles. The first-order valence-electron chi connectivity index (χ1n) is 6.45. The van der Waals surface area contributed by atoms with Crippen molar-refractivity contribution < 1.29 is 17.9 Å². The lowest BCUT2D eigenvalue weighted by molar-refractivity contribution is 0.301. The van der Waals surface area contributed by atoms with Crippen LogP contribution in [-0.4, -0.2) is 6.61 Å². The minimum atomic E-state index is -0.769. The number of ether oxygens (including phenoxy) is 1. The Morgan fingerprint density at radius 2 is 1.81 bits per heavy atom. The molecule has 0 unspecified atom stereocenters. The molecule has 0 aliphatic heterocycles. The van der Waals surface area contributed by atoms with E-state index < -0.39 is 17.5 Å². The van der Waals surface area contributed by atoms with E-state index in [2.05, 4.69) is 5.32 Å². The predicted molar refractivity (Wildman–Crippen MR) is 76.2 cm³/mol. The van der Waals surface area contributed by atoms with Crippen LogP contribution in [0.5, 0.6) is 5.75 Å². The Morgan fingerprint density at radius 3 is 2.48 bits per heavy atom. The number of anilines is 3. The van der Waals surface area contributed by atoms with Crippen molar-refractivity contribution >= 4 is 17.1 Å². The van der Waals surface area contributed by atoms with Gasteiger partial charge in [0.2, 0.25) is 0 Å². The molecule has 3 N–H and O–H groups in total. The van der Waals surface area contributed by atoms with Gasteiger partial charge in [0.05, 0.1) is 23.7 Å². The van der Waals surface area contributed by atoms with Crippen molar-refractivity contribution in [2.45, 2.75) is 13.3 Å². The molecule has 0 bridgehead atoms. The highest BCUT2D eigenvalue weighted by Gasteiger charge is 2.11. The van der Waals surface area contributed by atoms with E-state index in [9.17, 15) is 13.2 Å². The number of rotatable bonds is 5. The zero-order valence-corrected chi connectivity index (χ0v) is 11.4. The third-order valence-electron chi connectivity index (χ3n) is 2.77. The second-order valence-corrected chi connectivity index (χ2v) is 4.47. The Bertz CT molecular complexity index is 647. The van der Waals surface area contributed by atoms with Crippen LogP contribution in [0.15, 0.2) is 30.3 Å². The van der Waals surface area contributed by atoms with Crippen molar-refractivity contribution in [2.24, 2.45) is 0 Å². The Hall–Kier alpha value is -2.37. The highest BCUT2D eigenvalue weighted by atomic mass is 19.1. The summed E-state index contributed by atoms with van der Waals surface area (Å²) in [7, 11) is 0. The molecule has 3 nitrogen and oxygen atoms in total. The third kappa shape index (κ3) is 3.59. The molecule has 21 heavy (non-hydrogen) atoms. The van der Waals surface area contributed by atoms with E-state index in [1.54, 1.807) is 0 Å². The molecular formula is C15H15F3N2O. The summed E-state index contributed by atoms with van der Waals surface area (Å²) < 4.78 is 45.4. The monoisotopic (exact) mass is 296 g/mol. The van der Waals surface area contributed by atoms with Gasteiger partial charge in [-0.15, -0.1) is 0 Å². The van der Waals surface area contributed by atoms with E-state index in [0.29, 0.717) is 6.61 Å². The molecule has 0 aliphatic carbocycles. The Morgan fingerprint density at radius 1 is 1.05 bits per heavy atom. The van der Waals surface area contributed by atoms with Gasteiger partial charge in [-0.2, -0.15) is 0 Å². The molecule has 0 spiro atoms. The van der Waals surface area contributed by atoms with Gasteiger partial charge >= 0.3 is 0 Å². The van der Waals surface area contributed by atoms with Crippen LogP contribution in [0.25, 0.3) is 0 Å². The van der Waals surface area contributed by atoms with Gasteiger partial charge in [-0.25, -0.2) is 13.2 Å². The Balaban J connectivity index is 2.30. The first kappa shape index (κ1) is 15.0. The Kier molecular flexibility index (Phi) is 4.57. The van der Waals surface area contributed by atoms with Crippen LogP contribution < -0.4 is 15.8 Å². The highest BCUT2D eigenvalue weighted by Crippen LogP contribution is 2.31. The number of hydrogen-bond acceptors (Lipinski definition) is 3. The molecule has 0 amide bonds. The van der Waals surface area contributed by atoms with Crippen molar-refractivity contribution in [3.05, 3.63) is 47.8 Å². The van der Waals surface area contributed by atoms with Gasteiger partial charge in [-0.1, -0.05) is 6.92 Å². The van der Waals surface area contributed by atoms with Crippen LogP contribution in [0, 0.1) is 17.5 Å². The largest absolute Gasteiger partial charge is 0.490 e. The molecule has 0 aliphatic rings. The summed E-state index contributed by atoms with van der Waals surface area (Å²) in [5.74, 6) is -2.02. The normalized spacial score (nSPS) is 10.5. The fraction of sp³-hybridized carbons (Fsp3) is 0.200. The predicted octanol–water partition coefficient (Wildman–Crippen LogP) is 4.22. The lowest BCUT2D eigenvalue weighted by Gasteiger charge is -2.13. The van der Waals surface area contributed by atoms with Gasteiger partial charge in [0.1, 0.15) is 11.6 Å². The van der Waals surface area contributed by atoms with Gasteiger partial charge in [-0.3, -0.25) is 0 Å². The smallest absolute Gasteiger partial charge is 0.167 e. The highest BCUT2D eigenvalue weighted by molar-refractivity contribution is 5.74. The van der Waals surface area contributed by atoms with Gasteiger partial charge in [0.15, 0.2) is 11.6 Å². The van der Waals surface area contributed by atoms with Crippen molar-refractivity contribution in [3.63, 3.8) is 0 Å². The molecule has 2 aromatic rings. The molecule has 0 radical (unpaired) electrons. The molecular weight excluding hydrogens is 281 g/mol. The zero-order chi connectivity index (χ0) is 15.4. The molecule has 0 fully saturated rings. The van der Waals surface area contributed by atoms with E-state index >= 15 is 0 Å². The topological polar surface area (TPSA) is 47.3 Å². The molecule has 0 atom stereocenters. The summed E-state index contributed by atoms with van der Waals surface area (Å²) in [4.78, 5) is 0. The van der Waals surface area contributed by atoms with Crippen LogP contribution in [0.3, 0.4) is 0 Å². The van der Waals surface area contributed by atoms with Crippen LogP contribution in [-0.2, 0) is 0 Å². The first-order valence-corrected chi connectivity index (χ1v) is 6.45. The fourth-order valence-corrected chi connectivity index (χ4v) is 1.74. The van der Waals surface area contributed by atoms with Crippen LogP contribution in [0.4, 0.5) is 30.2 Å². The van der Waals surface area contributed by atoms with E-state index in [-0.39, 0.29) is 22.8 Å². The maximum absolute atomic E-state index is 13.7. The molecule has 0 heterocycles. The van der Waals surface area contributed by atoms with Crippen molar-refractivity contribution in [2.75, 3.05) is 17.7 Å². The van der Waals surface area contributed by atoms with Crippen molar-refractivity contribution in [1.82, 2.24) is 0 Å². The Labute approximate surface area is 120 Å². The summed E-state index contributed by atoms with van der Waals surface area (Å²) in [6.45, 7) is 2.24. The quantitative estimate of drug-likeness (QED) is 0.812. The van der Waals surface area contributed by atoms with E-state index in [1.807, 2.05) is 6.92 Å².